The molecule has 3 aliphatic rings. The van der Waals surface area contributed by atoms with Crippen molar-refractivity contribution in [2.75, 3.05) is 10.7 Å². The average molecular weight is 394 g/mol. The van der Waals surface area contributed by atoms with E-state index in [-0.39, 0.29) is 22.6 Å². The summed E-state index contributed by atoms with van der Waals surface area (Å²) in [5.74, 6) is 2.09. The van der Waals surface area contributed by atoms with Gasteiger partial charge in [-0.2, -0.15) is 4.99 Å². The second kappa shape index (κ2) is 5.91. The fourth-order valence-corrected chi connectivity index (χ4v) is 3.77. The van der Waals surface area contributed by atoms with Gasteiger partial charge in [-0.05, 0) is 37.4 Å². The molecular formula is C18H18BrClN2O. The number of nitrogens with zero attached hydrogens (tertiary/aromatic N) is 2. The lowest BCUT2D eigenvalue weighted by Gasteiger charge is -2.36. The van der Waals surface area contributed by atoms with E-state index in [2.05, 4.69) is 51.8 Å². The number of para-hydroxylation sites is 1. The fourth-order valence-electron chi connectivity index (χ4n) is 3.45. The molecule has 0 spiro atoms. The number of hydrogen-bond donors (Lipinski definition) is 0. The lowest BCUT2D eigenvalue weighted by Crippen LogP contribution is -2.46. The number of carbonyl (C=O) groups is 1. The number of amidine groups is 1. The Hall–Kier alpha value is -1.39. The van der Waals surface area contributed by atoms with Crippen LogP contribution in [0.4, 0.5) is 5.69 Å². The number of carbonyl (C=O) groups excluding carboxylic acids is 1. The van der Waals surface area contributed by atoms with E-state index in [9.17, 15) is 4.79 Å². The zero-order valence-electron chi connectivity index (χ0n) is 13.3. The third kappa shape index (κ3) is 2.31. The maximum Gasteiger partial charge on any atom is 0.258 e. The van der Waals surface area contributed by atoms with Gasteiger partial charge in [-0.15, -0.1) is 11.6 Å². The standard InChI is InChI=1S/C17H15ClN2O.CH3Br/c1-17(2)10-6-3-4-8-12(10)20-13-9-5-7-11(18)14(13)15(21)19-16(17)20;1-2/h3-9,11,14H,1-2H3;1H3. The minimum atomic E-state index is -0.387. The number of rotatable bonds is 0. The monoisotopic (exact) mass is 392 g/mol. The lowest BCUT2D eigenvalue weighted by atomic mass is 9.85. The molecule has 2 unspecified atom stereocenters. The van der Waals surface area contributed by atoms with Gasteiger partial charge in [0.05, 0.1) is 16.5 Å². The predicted molar refractivity (Wildman–Crippen MR) is 99.6 cm³/mol. The first-order valence-corrected chi connectivity index (χ1v) is 9.47. The average Bonchev–Trinajstić information content (AvgIpc) is 2.78. The zero-order valence-corrected chi connectivity index (χ0v) is 15.6. The summed E-state index contributed by atoms with van der Waals surface area (Å²) in [6.45, 7) is 4.21. The van der Waals surface area contributed by atoms with E-state index in [1.165, 1.54) is 5.56 Å². The second-order valence-corrected chi connectivity index (χ2v) is 6.65. The minimum absolute atomic E-state index is 0.141. The van der Waals surface area contributed by atoms with E-state index in [4.69, 9.17) is 11.6 Å². The maximum absolute atomic E-state index is 12.4. The molecule has 0 aromatic heterocycles. The van der Waals surface area contributed by atoms with Gasteiger partial charge in [0.15, 0.2) is 0 Å². The molecule has 0 fully saturated rings. The topological polar surface area (TPSA) is 32.7 Å². The molecule has 4 rings (SSSR count). The lowest BCUT2D eigenvalue weighted by molar-refractivity contribution is -0.120. The Kier molecular flexibility index (Phi) is 4.23. The van der Waals surface area contributed by atoms with Crippen molar-refractivity contribution in [3.05, 3.63) is 53.8 Å². The quantitative estimate of drug-likeness (QED) is 0.612. The maximum atomic E-state index is 12.4. The van der Waals surface area contributed by atoms with Gasteiger partial charge in [-0.3, -0.25) is 4.79 Å². The van der Waals surface area contributed by atoms with E-state index in [0.29, 0.717) is 0 Å². The first-order chi connectivity index (χ1) is 11.0. The third-order valence-electron chi connectivity index (χ3n) is 4.53. The molecule has 1 amide bonds. The summed E-state index contributed by atoms with van der Waals surface area (Å²) < 4.78 is 0. The number of allylic oxidation sites excluding steroid dienone is 3. The molecule has 120 valence electrons. The molecule has 1 aromatic rings. The van der Waals surface area contributed by atoms with Crippen LogP contribution >= 0.6 is 27.5 Å². The van der Waals surface area contributed by atoms with Crippen LogP contribution in [0.2, 0.25) is 0 Å². The molecule has 23 heavy (non-hydrogen) atoms. The van der Waals surface area contributed by atoms with Gasteiger partial charge >= 0.3 is 0 Å². The molecule has 1 aliphatic carbocycles. The van der Waals surface area contributed by atoms with Crippen molar-refractivity contribution in [1.29, 1.82) is 0 Å². The van der Waals surface area contributed by atoms with Crippen molar-refractivity contribution in [2.24, 2.45) is 10.9 Å². The molecule has 2 atom stereocenters. The van der Waals surface area contributed by atoms with Crippen LogP contribution in [-0.2, 0) is 10.2 Å². The number of anilines is 1. The normalized spacial score (nSPS) is 26.3. The van der Waals surface area contributed by atoms with Gasteiger partial charge in [0.25, 0.3) is 5.91 Å². The van der Waals surface area contributed by atoms with Crippen LogP contribution in [0.1, 0.15) is 19.4 Å². The Morgan fingerprint density at radius 3 is 2.70 bits per heavy atom. The SMILES string of the molecule is CBr.CC1(C)C2=NC(=O)C3C(=CC=CC3Cl)N2c2ccccc21. The smallest absolute Gasteiger partial charge is 0.258 e. The molecule has 0 saturated carbocycles. The highest BCUT2D eigenvalue weighted by molar-refractivity contribution is 9.08. The van der Waals surface area contributed by atoms with E-state index in [1.807, 2.05) is 36.2 Å². The third-order valence-corrected chi connectivity index (χ3v) is 4.93. The molecule has 5 heteroatoms. The molecule has 0 saturated heterocycles. The summed E-state index contributed by atoms with van der Waals surface area (Å²) >= 11 is 9.27. The van der Waals surface area contributed by atoms with Crippen LogP contribution in [0.25, 0.3) is 0 Å². The Labute approximate surface area is 149 Å². The number of fused-ring (bicyclic) bond motifs is 5. The van der Waals surface area contributed by atoms with Crippen LogP contribution in [0.5, 0.6) is 0 Å². The molecule has 0 N–H and O–H groups in total. The van der Waals surface area contributed by atoms with Crippen molar-refractivity contribution in [3.8, 4) is 0 Å². The van der Waals surface area contributed by atoms with E-state index in [1.54, 1.807) is 0 Å². The number of alkyl halides is 2. The first kappa shape index (κ1) is 16.5. The molecular weight excluding hydrogens is 376 g/mol. The number of hydrogen-bond acceptors (Lipinski definition) is 2. The van der Waals surface area contributed by atoms with Gasteiger partial charge in [0.1, 0.15) is 11.8 Å². The van der Waals surface area contributed by atoms with Crippen molar-refractivity contribution >= 4 is 45.0 Å². The highest BCUT2D eigenvalue weighted by atomic mass is 79.9. The predicted octanol–water partition coefficient (Wildman–Crippen LogP) is 4.41. The second-order valence-electron chi connectivity index (χ2n) is 6.15. The Balaban J connectivity index is 0.000000753. The summed E-state index contributed by atoms with van der Waals surface area (Å²) in [6.07, 6.45) is 5.75. The summed E-state index contributed by atoms with van der Waals surface area (Å²) in [7, 11) is 0. The molecule has 2 heterocycles. The largest absolute Gasteiger partial charge is 0.300 e. The van der Waals surface area contributed by atoms with Gasteiger partial charge in [-0.25, -0.2) is 0 Å². The summed E-state index contributed by atoms with van der Waals surface area (Å²) in [4.78, 5) is 18.9. The number of halogens is 2. The number of aliphatic imine (C=N–C) groups is 1. The van der Waals surface area contributed by atoms with Crippen molar-refractivity contribution in [2.45, 2.75) is 24.6 Å². The molecule has 2 aliphatic heterocycles. The van der Waals surface area contributed by atoms with Crippen LogP contribution < -0.4 is 4.90 Å². The highest BCUT2D eigenvalue weighted by Crippen LogP contribution is 2.48. The van der Waals surface area contributed by atoms with Gasteiger partial charge < -0.3 is 4.90 Å². The Bertz CT molecular complexity index is 751. The van der Waals surface area contributed by atoms with E-state index >= 15 is 0 Å². The summed E-state index contributed by atoms with van der Waals surface area (Å²) in [6, 6.07) is 8.22. The Morgan fingerprint density at radius 1 is 1.26 bits per heavy atom. The Morgan fingerprint density at radius 2 is 1.96 bits per heavy atom. The van der Waals surface area contributed by atoms with Crippen LogP contribution in [0.3, 0.4) is 0 Å². The van der Waals surface area contributed by atoms with Crippen LogP contribution in [0.15, 0.2) is 53.2 Å². The van der Waals surface area contributed by atoms with Crippen molar-refractivity contribution < 1.29 is 4.79 Å². The first-order valence-electron chi connectivity index (χ1n) is 7.45. The van der Waals surface area contributed by atoms with Crippen LogP contribution in [-0.4, -0.2) is 23.0 Å². The summed E-state index contributed by atoms with van der Waals surface area (Å²) in [5.41, 5.74) is 2.95. The highest BCUT2D eigenvalue weighted by Gasteiger charge is 2.49. The van der Waals surface area contributed by atoms with Gasteiger partial charge in [0.2, 0.25) is 0 Å². The molecule has 0 bridgehead atoms. The van der Waals surface area contributed by atoms with Crippen molar-refractivity contribution in [3.63, 3.8) is 0 Å². The van der Waals surface area contributed by atoms with Crippen LogP contribution in [0, 0.1) is 5.92 Å². The van der Waals surface area contributed by atoms with E-state index in [0.717, 1.165) is 17.2 Å². The number of amides is 1. The van der Waals surface area contributed by atoms with Crippen molar-refractivity contribution in [1.82, 2.24) is 0 Å². The molecule has 1 aromatic carbocycles. The number of benzene rings is 1. The molecule has 0 radical (unpaired) electrons. The van der Waals surface area contributed by atoms with Gasteiger partial charge in [0, 0.05) is 5.70 Å². The summed E-state index contributed by atoms with van der Waals surface area (Å²) in [5, 5.41) is -0.335. The zero-order chi connectivity index (χ0) is 16.8. The minimum Gasteiger partial charge on any atom is -0.300 e. The fraction of sp³-hybridized carbons (Fsp3) is 0.333. The van der Waals surface area contributed by atoms with E-state index < -0.39 is 0 Å². The molecule has 3 nitrogen and oxygen atoms in total. The van der Waals surface area contributed by atoms with Gasteiger partial charge in [-0.1, -0.05) is 46.3 Å².